The molecule has 26 heavy (non-hydrogen) atoms. The van der Waals surface area contributed by atoms with Crippen molar-refractivity contribution in [3.8, 4) is 5.75 Å². The standard InChI is InChI=1S/C19H23N3O4/c23-18(9-12-26-16-6-2-1-3-7-16)21-11-4-5-15(13-21)17-8-10-20-22(17)14-19(24)25/h1-3,6-8,10,15H,4-5,9,11-14H2,(H,24,25). The van der Waals surface area contributed by atoms with Crippen LogP contribution in [-0.4, -0.2) is 51.4 Å². The molecule has 1 saturated heterocycles. The first-order chi connectivity index (χ1) is 12.6. The van der Waals surface area contributed by atoms with Crippen molar-refractivity contribution < 1.29 is 19.4 Å². The lowest BCUT2D eigenvalue weighted by atomic mass is 9.94. The fourth-order valence-electron chi connectivity index (χ4n) is 3.33. The van der Waals surface area contributed by atoms with E-state index in [9.17, 15) is 9.59 Å². The molecule has 7 heteroatoms. The van der Waals surface area contributed by atoms with Crippen LogP contribution in [0.5, 0.6) is 5.75 Å². The van der Waals surface area contributed by atoms with Gasteiger partial charge in [0.1, 0.15) is 12.3 Å². The summed E-state index contributed by atoms with van der Waals surface area (Å²) < 4.78 is 7.12. The maximum absolute atomic E-state index is 12.5. The van der Waals surface area contributed by atoms with Crippen molar-refractivity contribution in [3.05, 3.63) is 48.3 Å². The van der Waals surface area contributed by atoms with Crippen molar-refractivity contribution in [1.82, 2.24) is 14.7 Å². The molecular weight excluding hydrogens is 334 g/mol. The molecule has 1 aromatic carbocycles. The van der Waals surface area contributed by atoms with E-state index >= 15 is 0 Å². The molecule has 0 radical (unpaired) electrons. The van der Waals surface area contributed by atoms with Gasteiger partial charge >= 0.3 is 5.97 Å². The molecule has 2 heterocycles. The van der Waals surface area contributed by atoms with Crippen LogP contribution in [0.1, 0.15) is 30.9 Å². The summed E-state index contributed by atoms with van der Waals surface area (Å²) in [5.41, 5.74) is 0.880. The summed E-state index contributed by atoms with van der Waals surface area (Å²) in [6, 6.07) is 11.3. The Kier molecular flexibility index (Phi) is 5.88. The molecule has 0 spiro atoms. The summed E-state index contributed by atoms with van der Waals surface area (Å²) >= 11 is 0. The molecular formula is C19H23N3O4. The number of amides is 1. The molecule has 1 aliphatic rings. The Morgan fingerprint density at radius 2 is 2.04 bits per heavy atom. The number of piperidine rings is 1. The number of rotatable bonds is 7. The average molecular weight is 357 g/mol. The van der Waals surface area contributed by atoms with E-state index < -0.39 is 5.97 Å². The largest absolute Gasteiger partial charge is 0.493 e. The third-order valence-electron chi connectivity index (χ3n) is 4.55. The van der Waals surface area contributed by atoms with Crippen LogP contribution in [0.25, 0.3) is 0 Å². The Morgan fingerprint density at radius 3 is 2.81 bits per heavy atom. The van der Waals surface area contributed by atoms with E-state index in [0.29, 0.717) is 19.6 Å². The molecule has 3 rings (SSSR count). The van der Waals surface area contributed by atoms with Gasteiger partial charge in [0.15, 0.2) is 0 Å². The van der Waals surface area contributed by atoms with Crippen molar-refractivity contribution >= 4 is 11.9 Å². The van der Waals surface area contributed by atoms with Crippen LogP contribution in [0, 0.1) is 0 Å². The van der Waals surface area contributed by atoms with Crippen molar-refractivity contribution in [2.24, 2.45) is 0 Å². The maximum atomic E-state index is 12.5. The van der Waals surface area contributed by atoms with Gasteiger partial charge in [-0.15, -0.1) is 0 Å². The van der Waals surface area contributed by atoms with E-state index in [-0.39, 0.29) is 18.4 Å². The smallest absolute Gasteiger partial charge is 0.325 e. The van der Waals surface area contributed by atoms with Crippen LogP contribution >= 0.6 is 0 Å². The van der Waals surface area contributed by atoms with Crippen molar-refractivity contribution in [2.45, 2.75) is 31.7 Å². The van der Waals surface area contributed by atoms with Crippen molar-refractivity contribution in [2.75, 3.05) is 19.7 Å². The number of likely N-dealkylation sites (tertiary alicyclic amines) is 1. The molecule has 1 unspecified atom stereocenters. The molecule has 1 fully saturated rings. The van der Waals surface area contributed by atoms with Gasteiger partial charge in [-0.2, -0.15) is 5.10 Å². The summed E-state index contributed by atoms with van der Waals surface area (Å²) in [5.74, 6) is 0.0191. The molecule has 1 aromatic heterocycles. The lowest BCUT2D eigenvalue weighted by Gasteiger charge is -2.33. The highest BCUT2D eigenvalue weighted by molar-refractivity contribution is 5.76. The first-order valence-electron chi connectivity index (χ1n) is 8.82. The zero-order chi connectivity index (χ0) is 18.4. The lowest BCUT2D eigenvalue weighted by Crippen LogP contribution is -2.40. The highest BCUT2D eigenvalue weighted by atomic mass is 16.5. The fourth-order valence-corrected chi connectivity index (χ4v) is 3.33. The molecule has 7 nitrogen and oxygen atoms in total. The van der Waals surface area contributed by atoms with Crippen molar-refractivity contribution in [1.29, 1.82) is 0 Å². The molecule has 1 N–H and O–H groups in total. The van der Waals surface area contributed by atoms with E-state index in [0.717, 1.165) is 30.8 Å². The number of nitrogens with zero attached hydrogens (tertiary/aromatic N) is 3. The lowest BCUT2D eigenvalue weighted by molar-refractivity contribution is -0.138. The highest BCUT2D eigenvalue weighted by Gasteiger charge is 2.27. The minimum Gasteiger partial charge on any atom is -0.493 e. The van der Waals surface area contributed by atoms with Crippen LogP contribution in [-0.2, 0) is 16.1 Å². The number of para-hydroxylation sites is 1. The molecule has 2 aromatic rings. The second-order valence-corrected chi connectivity index (χ2v) is 6.40. The number of carbonyl (C=O) groups excluding carboxylic acids is 1. The molecule has 1 aliphatic heterocycles. The summed E-state index contributed by atoms with van der Waals surface area (Å²) in [4.78, 5) is 25.3. The molecule has 138 valence electrons. The average Bonchev–Trinajstić information content (AvgIpc) is 3.10. The second-order valence-electron chi connectivity index (χ2n) is 6.40. The van der Waals surface area contributed by atoms with E-state index in [1.807, 2.05) is 41.3 Å². The summed E-state index contributed by atoms with van der Waals surface area (Å²) in [6.07, 6.45) is 3.77. The Morgan fingerprint density at radius 1 is 1.23 bits per heavy atom. The summed E-state index contributed by atoms with van der Waals surface area (Å²) in [7, 11) is 0. The first kappa shape index (κ1) is 18.0. The molecule has 0 bridgehead atoms. The van der Waals surface area contributed by atoms with Crippen LogP contribution in [0.4, 0.5) is 0 Å². The Labute approximate surface area is 152 Å². The van der Waals surface area contributed by atoms with Gasteiger partial charge in [-0.05, 0) is 31.0 Å². The van der Waals surface area contributed by atoms with Crippen LogP contribution in [0.3, 0.4) is 0 Å². The van der Waals surface area contributed by atoms with Gasteiger partial charge < -0.3 is 14.7 Å². The van der Waals surface area contributed by atoms with Gasteiger partial charge in [0.25, 0.3) is 0 Å². The number of hydrogen-bond acceptors (Lipinski definition) is 4. The normalized spacial score (nSPS) is 17.1. The monoisotopic (exact) mass is 357 g/mol. The molecule has 0 saturated carbocycles. The summed E-state index contributed by atoms with van der Waals surface area (Å²) in [5, 5.41) is 13.1. The predicted octanol–water partition coefficient (Wildman–Crippen LogP) is 2.14. The highest BCUT2D eigenvalue weighted by Crippen LogP contribution is 2.27. The molecule has 1 amide bonds. The van der Waals surface area contributed by atoms with E-state index in [1.54, 1.807) is 6.20 Å². The van der Waals surface area contributed by atoms with Gasteiger partial charge in [0.2, 0.25) is 5.91 Å². The minimum absolute atomic E-state index is 0.0648. The van der Waals surface area contributed by atoms with Gasteiger partial charge in [0.05, 0.1) is 13.0 Å². The number of hydrogen-bond donors (Lipinski definition) is 1. The summed E-state index contributed by atoms with van der Waals surface area (Å²) in [6.45, 7) is 1.52. The number of benzene rings is 1. The van der Waals surface area contributed by atoms with Crippen molar-refractivity contribution in [3.63, 3.8) is 0 Å². The number of carboxylic acids is 1. The van der Waals surface area contributed by atoms with Crippen LogP contribution in [0.15, 0.2) is 42.6 Å². The first-order valence-corrected chi connectivity index (χ1v) is 8.82. The Hall–Kier alpha value is -2.83. The third kappa shape index (κ3) is 4.62. The van der Waals surface area contributed by atoms with Gasteiger partial charge in [-0.1, -0.05) is 18.2 Å². The second kappa shape index (κ2) is 8.51. The fraction of sp³-hybridized carbons (Fsp3) is 0.421. The number of carboxylic acid groups (broad SMARTS) is 1. The predicted molar refractivity (Wildman–Crippen MR) is 95.0 cm³/mol. The van der Waals surface area contributed by atoms with E-state index in [2.05, 4.69) is 5.10 Å². The van der Waals surface area contributed by atoms with E-state index in [1.165, 1.54) is 4.68 Å². The van der Waals surface area contributed by atoms with Crippen LogP contribution < -0.4 is 4.74 Å². The van der Waals surface area contributed by atoms with Gasteiger partial charge in [-0.3, -0.25) is 14.3 Å². The third-order valence-corrected chi connectivity index (χ3v) is 4.55. The van der Waals surface area contributed by atoms with Gasteiger partial charge in [0, 0.05) is 30.9 Å². The van der Waals surface area contributed by atoms with Gasteiger partial charge in [-0.25, -0.2) is 0 Å². The molecule has 0 aliphatic carbocycles. The quantitative estimate of drug-likeness (QED) is 0.821. The minimum atomic E-state index is -0.920. The Balaban J connectivity index is 1.54. The van der Waals surface area contributed by atoms with Crippen LogP contribution in [0.2, 0.25) is 0 Å². The zero-order valence-corrected chi connectivity index (χ0v) is 14.6. The number of ether oxygens (including phenoxy) is 1. The number of carbonyl (C=O) groups is 2. The number of aromatic nitrogens is 2. The zero-order valence-electron chi connectivity index (χ0n) is 14.6. The maximum Gasteiger partial charge on any atom is 0.325 e. The van der Waals surface area contributed by atoms with E-state index in [4.69, 9.17) is 9.84 Å². The number of aliphatic carboxylic acids is 1. The Bertz CT molecular complexity index is 744. The topological polar surface area (TPSA) is 84.7 Å². The SMILES string of the molecule is O=C(O)Cn1nccc1C1CCCN(C(=O)CCOc2ccccc2)C1. The molecule has 1 atom stereocenters.